The molecule has 0 atom stereocenters. The van der Waals surface area contributed by atoms with Crippen molar-refractivity contribution in [1.29, 1.82) is 0 Å². The minimum absolute atomic E-state index is 0.153. The number of hydrogen-bond donors (Lipinski definition) is 0. The van der Waals surface area contributed by atoms with Gasteiger partial charge in [-0.1, -0.05) is 37.8 Å². The highest BCUT2D eigenvalue weighted by atomic mass is 19.3. The molecule has 138 valence electrons. The van der Waals surface area contributed by atoms with Gasteiger partial charge in [0.25, 0.3) is 0 Å². The number of alkyl halides is 2. The summed E-state index contributed by atoms with van der Waals surface area (Å²) in [5.41, 5.74) is 0.132. The lowest BCUT2D eigenvalue weighted by Crippen LogP contribution is -2.42. The minimum Gasteiger partial charge on any atom is -0.497 e. The third-order valence-corrected chi connectivity index (χ3v) is 6.27. The summed E-state index contributed by atoms with van der Waals surface area (Å²) in [5, 5.41) is 0. The van der Waals surface area contributed by atoms with Gasteiger partial charge in [-0.2, -0.15) is 0 Å². The molecular weight excluding hydrogens is 322 g/mol. The maximum atomic E-state index is 13.7. The van der Waals surface area contributed by atoms with E-state index in [2.05, 4.69) is 0 Å². The van der Waals surface area contributed by atoms with E-state index in [0.29, 0.717) is 12.3 Å². The van der Waals surface area contributed by atoms with Crippen molar-refractivity contribution in [3.8, 4) is 5.75 Å². The van der Waals surface area contributed by atoms with Crippen LogP contribution < -0.4 is 4.74 Å². The second-order valence-electron chi connectivity index (χ2n) is 7.78. The van der Waals surface area contributed by atoms with E-state index in [1.165, 1.54) is 25.7 Å². The molecule has 2 fully saturated rings. The van der Waals surface area contributed by atoms with Gasteiger partial charge in [-0.15, -0.1) is 0 Å². The fraction of sp³-hybridized carbons (Fsp3) is 0.667. The number of rotatable bonds is 6. The van der Waals surface area contributed by atoms with Gasteiger partial charge >= 0.3 is 0 Å². The summed E-state index contributed by atoms with van der Waals surface area (Å²) in [4.78, 5) is 13.2. The van der Waals surface area contributed by atoms with Gasteiger partial charge in [-0.3, -0.25) is 4.79 Å². The molecule has 0 amide bonds. The second kappa shape index (κ2) is 7.43. The molecule has 1 aromatic carbocycles. The molecule has 2 saturated carbocycles. The molecule has 0 bridgehead atoms. The maximum Gasteiger partial charge on any atom is 0.248 e. The van der Waals surface area contributed by atoms with Crippen LogP contribution in [0.4, 0.5) is 8.78 Å². The Bertz CT molecular complexity index is 578. The van der Waals surface area contributed by atoms with Crippen LogP contribution in [0.3, 0.4) is 0 Å². The highest BCUT2D eigenvalue weighted by Crippen LogP contribution is 2.47. The number of ketones is 1. The SMILES string of the molecule is COc1ccc(C2(C(=O)CCC3CCCC3)CCC(F)(F)CC2)cc1. The van der Waals surface area contributed by atoms with Gasteiger partial charge in [0, 0.05) is 19.3 Å². The van der Waals surface area contributed by atoms with Crippen LogP contribution in [0.5, 0.6) is 5.75 Å². The third kappa shape index (κ3) is 4.04. The Labute approximate surface area is 149 Å². The first-order valence-corrected chi connectivity index (χ1v) is 9.51. The molecule has 0 aromatic heterocycles. The molecule has 25 heavy (non-hydrogen) atoms. The monoisotopic (exact) mass is 350 g/mol. The van der Waals surface area contributed by atoms with Crippen LogP contribution >= 0.6 is 0 Å². The van der Waals surface area contributed by atoms with Gasteiger partial charge in [0.05, 0.1) is 12.5 Å². The summed E-state index contributed by atoms with van der Waals surface area (Å²) < 4.78 is 32.7. The first-order valence-electron chi connectivity index (χ1n) is 9.51. The van der Waals surface area contributed by atoms with Gasteiger partial charge in [-0.05, 0) is 42.9 Å². The van der Waals surface area contributed by atoms with E-state index in [1.807, 2.05) is 24.3 Å². The predicted octanol–water partition coefficient (Wildman–Crippen LogP) is 5.68. The third-order valence-electron chi connectivity index (χ3n) is 6.27. The number of carbonyl (C=O) groups excluding carboxylic acids is 1. The molecule has 1 aromatic rings. The number of ether oxygens (including phenoxy) is 1. The minimum atomic E-state index is -2.64. The summed E-state index contributed by atoms with van der Waals surface area (Å²) in [6, 6.07) is 7.42. The van der Waals surface area contributed by atoms with Crippen molar-refractivity contribution in [2.24, 2.45) is 5.92 Å². The van der Waals surface area contributed by atoms with Crippen LogP contribution in [0.25, 0.3) is 0 Å². The topological polar surface area (TPSA) is 26.3 Å². The molecule has 0 unspecified atom stereocenters. The van der Waals surface area contributed by atoms with Crippen LogP contribution in [0.15, 0.2) is 24.3 Å². The van der Waals surface area contributed by atoms with Crippen molar-refractivity contribution < 1.29 is 18.3 Å². The van der Waals surface area contributed by atoms with Crippen molar-refractivity contribution in [1.82, 2.24) is 0 Å². The average molecular weight is 350 g/mol. The number of carbonyl (C=O) groups is 1. The van der Waals surface area contributed by atoms with E-state index >= 15 is 0 Å². The van der Waals surface area contributed by atoms with Gasteiger partial charge in [0.1, 0.15) is 11.5 Å². The lowest BCUT2D eigenvalue weighted by atomic mass is 9.65. The smallest absolute Gasteiger partial charge is 0.248 e. The van der Waals surface area contributed by atoms with E-state index in [9.17, 15) is 13.6 Å². The Balaban J connectivity index is 1.79. The van der Waals surface area contributed by atoms with E-state index in [1.54, 1.807) is 7.11 Å². The average Bonchev–Trinajstić information content (AvgIpc) is 3.14. The molecule has 0 radical (unpaired) electrons. The molecule has 4 heteroatoms. The van der Waals surface area contributed by atoms with Crippen molar-refractivity contribution >= 4 is 5.78 Å². The van der Waals surface area contributed by atoms with Crippen LogP contribution in [0, 0.1) is 5.92 Å². The number of methoxy groups -OCH3 is 1. The largest absolute Gasteiger partial charge is 0.497 e. The highest BCUT2D eigenvalue weighted by molar-refractivity contribution is 5.90. The van der Waals surface area contributed by atoms with Crippen LogP contribution in [-0.4, -0.2) is 18.8 Å². The maximum absolute atomic E-state index is 13.7. The van der Waals surface area contributed by atoms with Gasteiger partial charge < -0.3 is 4.74 Å². The lowest BCUT2D eigenvalue weighted by Gasteiger charge is -2.39. The fourth-order valence-corrected chi connectivity index (χ4v) is 4.55. The summed E-state index contributed by atoms with van der Waals surface area (Å²) >= 11 is 0. The van der Waals surface area contributed by atoms with Crippen molar-refractivity contribution in [3.63, 3.8) is 0 Å². The molecule has 0 saturated heterocycles. The number of halogens is 2. The van der Waals surface area contributed by atoms with Crippen molar-refractivity contribution in [3.05, 3.63) is 29.8 Å². The molecule has 2 nitrogen and oxygen atoms in total. The van der Waals surface area contributed by atoms with Gasteiger partial charge in [0.15, 0.2) is 0 Å². The summed E-state index contributed by atoms with van der Waals surface area (Å²) in [7, 11) is 1.60. The standard InChI is InChI=1S/C21H28F2O2/c1-25-18-9-7-17(8-10-18)20(12-14-21(22,23)15-13-20)19(24)11-6-16-4-2-3-5-16/h7-10,16H,2-6,11-15H2,1H3. The second-order valence-corrected chi connectivity index (χ2v) is 7.78. The fourth-order valence-electron chi connectivity index (χ4n) is 4.55. The Morgan fingerprint density at radius 1 is 1.08 bits per heavy atom. The van der Waals surface area contributed by atoms with E-state index in [4.69, 9.17) is 4.74 Å². The number of hydrogen-bond acceptors (Lipinski definition) is 2. The zero-order chi connectivity index (χ0) is 17.9. The normalized spacial score (nSPS) is 22.7. The summed E-state index contributed by atoms with van der Waals surface area (Å²) in [6.07, 6.45) is 6.45. The number of Topliss-reactive ketones (excluding diaryl/α,β-unsaturated/α-hetero) is 1. The Hall–Kier alpha value is -1.45. The summed E-state index contributed by atoms with van der Waals surface area (Å²) in [5.74, 6) is -1.12. The molecule has 0 spiro atoms. The Kier molecular flexibility index (Phi) is 5.45. The molecule has 0 N–H and O–H groups in total. The van der Waals surface area contributed by atoms with Gasteiger partial charge in [-0.25, -0.2) is 8.78 Å². The zero-order valence-corrected chi connectivity index (χ0v) is 15.0. The van der Waals surface area contributed by atoms with Crippen molar-refractivity contribution in [2.75, 3.05) is 7.11 Å². The first kappa shape index (κ1) is 18.3. The van der Waals surface area contributed by atoms with Gasteiger partial charge in [0.2, 0.25) is 5.92 Å². The lowest BCUT2D eigenvalue weighted by molar-refractivity contribution is -0.130. The first-order chi connectivity index (χ1) is 12.0. The van der Waals surface area contributed by atoms with Crippen LogP contribution in [-0.2, 0) is 10.2 Å². The Morgan fingerprint density at radius 3 is 2.24 bits per heavy atom. The quantitative estimate of drug-likeness (QED) is 0.659. The molecule has 3 rings (SSSR count). The summed E-state index contributed by atoms with van der Waals surface area (Å²) in [6.45, 7) is 0. The number of benzene rings is 1. The van der Waals surface area contributed by atoms with E-state index in [-0.39, 0.29) is 31.5 Å². The zero-order valence-electron chi connectivity index (χ0n) is 15.0. The molecule has 0 aliphatic heterocycles. The predicted molar refractivity (Wildman–Crippen MR) is 94.3 cm³/mol. The highest BCUT2D eigenvalue weighted by Gasteiger charge is 2.48. The van der Waals surface area contributed by atoms with Crippen LogP contribution in [0.1, 0.15) is 69.8 Å². The van der Waals surface area contributed by atoms with E-state index < -0.39 is 11.3 Å². The molecular formula is C21H28F2O2. The molecule has 2 aliphatic rings. The van der Waals surface area contributed by atoms with Crippen LogP contribution in [0.2, 0.25) is 0 Å². The van der Waals surface area contributed by atoms with Crippen molar-refractivity contribution in [2.45, 2.75) is 75.5 Å². The molecule has 2 aliphatic carbocycles. The Morgan fingerprint density at radius 2 is 1.68 bits per heavy atom. The van der Waals surface area contributed by atoms with E-state index in [0.717, 1.165) is 17.7 Å². The molecule has 0 heterocycles.